The van der Waals surface area contributed by atoms with Crippen LogP contribution in [-0.2, 0) is 4.74 Å². The zero-order valence-electron chi connectivity index (χ0n) is 10.5. The highest BCUT2D eigenvalue weighted by Crippen LogP contribution is 2.22. The third-order valence-corrected chi connectivity index (χ3v) is 2.23. The van der Waals surface area contributed by atoms with Crippen molar-refractivity contribution in [2.24, 2.45) is 0 Å². The zero-order valence-corrected chi connectivity index (χ0v) is 10.5. The second-order valence-electron chi connectivity index (χ2n) is 3.25. The minimum Gasteiger partial charge on any atom is -0.385 e. The van der Waals surface area contributed by atoms with Gasteiger partial charge in [0.05, 0.1) is 5.69 Å². The number of nitrogens with zero attached hydrogens (tertiary/aromatic N) is 1. The molecule has 1 rings (SSSR count). The highest BCUT2D eigenvalue weighted by atomic mass is 16.5. The number of hydrogen-bond donors (Lipinski definition) is 0. The molecule has 0 saturated carbocycles. The van der Waals surface area contributed by atoms with E-state index in [0.29, 0.717) is 5.92 Å². The van der Waals surface area contributed by atoms with Crippen molar-refractivity contribution < 1.29 is 9.26 Å². The Morgan fingerprint density at radius 2 is 2.13 bits per heavy atom. The summed E-state index contributed by atoms with van der Waals surface area (Å²) in [5, 5.41) is 4.01. The maximum Gasteiger partial charge on any atom is 0.133 e. The van der Waals surface area contributed by atoms with Gasteiger partial charge in [-0.3, -0.25) is 0 Å². The fourth-order valence-corrected chi connectivity index (χ4v) is 1.40. The van der Waals surface area contributed by atoms with Gasteiger partial charge < -0.3 is 9.26 Å². The van der Waals surface area contributed by atoms with E-state index >= 15 is 0 Å². The van der Waals surface area contributed by atoms with Gasteiger partial charge in [-0.05, 0) is 19.8 Å². The SMILES string of the molecule is CC.CCC(CCOC)c1cc(C)on1. The topological polar surface area (TPSA) is 35.3 Å². The van der Waals surface area contributed by atoms with Crippen molar-refractivity contribution >= 4 is 0 Å². The quantitative estimate of drug-likeness (QED) is 0.750. The predicted molar refractivity (Wildman–Crippen MR) is 62.1 cm³/mol. The first-order valence-corrected chi connectivity index (χ1v) is 5.70. The maximum atomic E-state index is 5.04. The third kappa shape index (κ3) is 4.98. The summed E-state index contributed by atoms with van der Waals surface area (Å²) < 4.78 is 10.1. The summed E-state index contributed by atoms with van der Waals surface area (Å²) in [6.45, 7) is 8.86. The number of hydrogen-bond acceptors (Lipinski definition) is 3. The van der Waals surface area contributed by atoms with Gasteiger partial charge in [0.2, 0.25) is 0 Å². The van der Waals surface area contributed by atoms with E-state index in [1.165, 1.54) is 0 Å². The molecule has 3 heteroatoms. The van der Waals surface area contributed by atoms with Crippen LogP contribution in [-0.4, -0.2) is 18.9 Å². The summed E-state index contributed by atoms with van der Waals surface area (Å²) in [6.07, 6.45) is 2.09. The van der Waals surface area contributed by atoms with Crippen molar-refractivity contribution in [3.63, 3.8) is 0 Å². The summed E-state index contributed by atoms with van der Waals surface area (Å²) >= 11 is 0. The van der Waals surface area contributed by atoms with Crippen LogP contribution in [0.3, 0.4) is 0 Å². The molecular formula is C12H23NO2. The minimum atomic E-state index is 0.470. The molecule has 88 valence electrons. The number of ether oxygens (including phenoxy) is 1. The van der Waals surface area contributed by atoms with E-state index in [0.717, 1.165) is 30.9 Å². The lowest BCUT2D eigenvalue weighted by Crippen LogP contribution is -2.01. The monoisotopic (exact) mass is 213 g/mol. The van der Waals surface area contributed by atoms with Crippen molar-refractivity contribution in [1.82, 2.24) is 5.16 Å². The Morgan fingerprint density at radius 1 is 1.47 bits per heavy atom. The molecule has 15 heavy (non-hydrogen) atoms. The summed E-state index contributed by atoms with van der Waals surface area (Å²) in [4.78, 5) is 0. The first-order valence-electron chi connectivity index (χ1n) is 5.70. The average molecular weight is 213 g/mol. The molecular weight excluding hydrogens is 190 g/mol. The number of aryl methyl sites for hydroxylation is 1. The highest BCUT2D eigenvalue weighted by molar-refractivity contribution is 5.09. The molecule has 0 aliphatic rings. The summed E-state index contributed by atoms with van der Waals surface area (Å²) in [5.74, 6) is 1.35. The van der Waals surface area contributed by atoms with Gasteiger partial charge in [-0.1, -0.05) is 25.9 Å². The van der Waals surface area contributed by atoms with Crippen LogP contribution in [0.25, 0.3) is 0 Å². The second kappa shape index (κ2) is 8.48. The van der Waals surface area contributed by atoms with Gasteiger partial charge >= 0.3 is 0 Å². The highest BCUT2D eigenvalue weighted by Gasteiger charge is 2.12. The van der Waals surface area contributed by atoms with Crippen LogP contribution in [0, 0.1) is 6.92 Å². The Morgan fingerprint density at radius 3 is 2.53 bits per heavy atom. The fourth-order valence-electron chi connectivity index (χ4n) is 1.40. The molecule has 0 aromatic carbocycles. The van der Waals surface area contributed by atoms with Crippen LogP contribution in [0.2, 0.25) is 0 Å². The van der Waals surface area contributed by atoms with E-state index < -0.39 is 0 Å². The normalized spacial score (nSPS) is 11.8. The molecule has 0 spiro atoms. The fraction of sp³-hybridized carbons (Fsp3) is 0.750. The Hall–Kier alpha value is -0.830. The molecule has 3 nitrogen and oxygen atoms in total. The second-order valence-corrected chi connectivity index (χ2v) is 3.25. The molecule has 1 aromatic heterocycles. The molecule has 0 fully saturated rings. The summed E-state index contributed by atoms with van der Waals surface area (Å²) in [7, 11) is 1.72. The van der Waals surface area contributed by atoms with Crippen LogP contribution in [0.5, 0.6) is 0 Å². The molecule has 0 saturated heterocycles. The van der Waals surface area contributed by atoms with Crippen LogP contribution in [0.1, 0.15) is 51.0 Å². The molecule has 0 N–H and O–H groups in total. The van der Waals surface area contributed by atoms with Crippen LogP contribution in [0.15, 0.2) is 10.6 Å². The van der Waals surface area contributed by atoms with Crippen LogP contribution in [0.4, 0.5) is 0 Å². The molecule has 1 heterocycles. The van der Waals surface area contributed by atoms with Crippen molar-refractivity contribution in [3.8, 4) is 0 Å². The van der Waals surface area contributed by atoms with Crippen molar-refractivity contribution in [2.45, 2.75) is 46.5 Å². The minimum absolute atomic E-state index is 0.470. The van der Waals surface area contributed by atoms with Crippen molar-refractivity contribution in [2.75, 3.05) is 13.7 Å². The molecule has 1 unspecified atom stereocenters. The smallest absolute Gasteiger partial charge is 0.133 e. The maximum absolute atomic E-state index is 5.04. The van der Waals surface area contributed by atoms with Crippen molar-refractivity contribution in [1.29, 1.82) is 0 Å². The van der Waals surface area contributed by atoms with Gasteiger partial charge in [0, 0.05) is 25.7 Å². The van der Waals surface area contributed by atoms with Gasteiger partial charge in [0.1, 0.15) is 5.76 Å². The van der Waals surface area contributed by atoms with Gasteiger partial charge in [-0.25, -0.2) is 0 Å². The van der Waals surface area contributed by atoms with Crippen LogP contribution < -0.4 is 0 Å². The molecule has 1 aromatic rings. The van der Waals surface area contributed by atoms with Crippen LogP contribution >= 0.6 is 0 Å². The van der Waals surface area contributed by atoms with E-state index in [4.69, 9.17) is 9.26 Å². The number of aromatic nitrogens is 1. The molecule has 0 aliphatic heterocycles. The lowest BCUT2D eigenvalue weighted by molar-refractivity contribution is 0.185. The van der Waals surface area contributed by atoms with Gasteiger partial charge in [0.15, 0.2) is 0 Å². The van der Waals surface area contributed by atoms with E-state index in [2.05, 4.69) is 12.1 Å². The first kappa shape index (κ1) is 14.2. The van der Waals surface area contributed by atoms with Crippen molar-refractivity contribution in [3.05, 3.63) is 17.5 Å². The molecule has 0 bridgehead atoms. The Bertz CT molecular complexity index is 246. The Balaban J connectivity index is 0.000000921. The van der Waals surface area contributed by atoms with Gasteiger partial charge in [0.25, 0.3) is 0 Å². The lowest BCUT2D eigenvalue weighted by Gasteiger charge is -2.09. The third-order valence-electron chi connectivity index (χ3n) is 2.23. The molecule has 0 amide bonds. The zero-order chi connectivity index (χ0) is 11.7. The largest absolute Gasteiger partial charge is 0.385 e. The van der Waals surface area contributed by atoms with E-state index in [-0.39, 0.29) is 0 Å². The van der Waals surface area contributed by atoms with E-state index in [1.54, 1.807) is 7.11 Å². The Labute approximate surface area is 92.8 Å². The molecule has 1 atom stereocenters. The van der Waals surface area contributed by atoms with E-state index in [9.17, 15) is 0 Å². The molecule has 0 radical (unpaired) electrons. The van der Waals surface area contributed by atoms with E-state index in [1.807, 2.05) is 26.8 Å². The van der Waals surface area contributed by atoms with Gasteiger partial charge in [-0.2, -0.15) is 0 Å². The lowest BCUT2D eigenvalue weighted by atomic mass is 9.99. The van der Waals surface area contributed by atoms with Gasteiger partial charge in [-0.15, -0.1) is 0 Å². The predicted octanol–water partition coefficient (Wildman–Crippen LogP) is 3.54. The average Bonchev–Trinajstić information content (AvgIpc) is 2.69. The standard InChI is InChI=1S/C10H17NO2.C2H6/c1-4-9(5-6-12-3)10-7-8(2)13-11-10;1-2/h7,9H,4-6H2,1-3H3;1-2H3. The number of rotatable bonds is 5. The summed E-state index contributed by atoms with van der Waals surface area (Å²) in [6, 6.07) is 2.00. The first-order chi connectivity index (χ1) is 7.27. The molecule has 0 aliphatic carbocycles. The number of methoxy groups -OCH3 is 1. The summed E-state index contributed by atoms with van der Waals surface area (Å²) in [5.41, 5.74) is 1.05. The Kier molecular flexibility index (Phi) is 8.01.